The Morgan fingerprint density at radius 1 is 0.931 bits per heavy atom. The number of nitrogens with zero attached hydrogens (tertiary/aromatic N) is 1. The average molecular weight is 388 g/mol. The molecule has 0 saturated heterocycles. The summed E-state index contributed by atoms with van der Waals surface area (Å²) in [7, 11) is 0. The summed E-state index contributed by atoms with van der Waals surface area (Å²) < 4.78 is 0. The van der Waals surface area contributed by atoms with Crippen molar-refractivity contribution in [1.82, 2.24) is 4.98 Å². The van der Waals surface area contributed by atoms with E-state index in [9.17, 15) is 9.59 Å². The van der Waals surface area contributed by atoms with Crippen LogP contribution in [0.1, 0.15) is 35.3 Å². The lowest BCUT2D eigenvalue weighted by molar-refractivity contribution is -0.114. The fourth-order valence-corrected chi connectivity index (χ4v) is 3.06. The van der Waals surface area contributed by atoms with Crippen LogP contribution in [0.4, 0.5) is 22.7 Å². The van der Waals surface area contributed by atoms with Crippen molar-refractivity contribution in [3.8, 4) is 0 Å². The molecule has 2 aromatic carbocycles. The number of carbonyl (C=O) groups excluding carboxylic acids is 2. The number of carbonyl (C=O) groups is 2. The first-order valence-electron chi connectivity index (χ1n) is 9.46. The summed E-state index contributed by atoms with van der Waals surface area (Å²) in [6.07, 6.45) is 4.02. The monoisotopic (exact) mass is 388 g/mol. The molecule has 0 aliphatic rings. The molecule has 1 aromatic heterocycles. The van der Waals surface area contributed by atoms with E-state index in [2.05, 4.69) is 27.9 Å². The predicted molar refractivity (Wildman–Crippen MR) is 117 cm³/mol. The van der Waals surface area contributed by atoms with Gasteiger partial charge in [-0.2, -0.15) is 0 Å². The summed E-state index contributed by atoms with van der Waals surface area (Å²) in [6.45, 7) is 5.50. The van der Waals surface area contributed by atoms with E-state index in [-0.39, 0.29) is 11.8 Å². The van der Waals surface area contributed by atoms with E-state index >= 15 is 0 Å². The number of hydrogen-bond acceptors (Lipinski definition) is 4. The molecular formula is C23H24N4O2. The molecule has 0 fully saturated rings. The number of amides is 2. The molecule has 0 spiro atoms. The molecular weight excluding hydrogens is 364 g/mol. The van der Waals surface area contributed by atoms with Crippen molar-refractivity contribution in [2.75, 3.05) is 16.0 Å². The topological polar surface area (TPSA) is 83.1 Å². The van der Waals surface area contributed by atoms with E-state index < -0.39 is 0 Å². The minimum absolute atomic E-state index is 0.134. The highest BCUT2D eigenvalue weighted by Gasteiger charge is 2.12. The molecule has 3 N–H and O–H groups in total. The number of pyridine rings is 1. The summed E-state index contributed by atoms with van der Waals surface area (Å²) in [5, 5.41) is 8.98. The molecule has 148 valence electrons. The lowest BCUT2D eigenvalue weighted by atomic mass is 10.1. The highest BCUT2D eigenvalue weighted by Crippen LogP contribution is 2.23. The number of para-hydroxylation sites is 1. The third-order valence-corrected chi connectivity index (χ3v) is 4.45. The molecule has 0 radical (unpaired) electrons. The van der Waals surface area contributed by atoms with Gasteiger partial charge in [-0.05, 0) is 48.7 Å². The van der Waals surface area contributed by atoms with Gasteiger partial charge in [0, 0.05) is 30.2 Å². The highest BCUT2D eigenvalue weighted by molar-refractivity contribution is 6.05. The fourth-order valence-electron chi connectivity index (χ4n) is 3.06. The van der Waals surface area contributed by atoms with Crippen LogP contribution in [0.2, 0.25) is 0 Å². The van der Waals surface area contributed by atoms with Crippen molar-refractivity contribution in [1.29, 1.82) is 0 Å². The van der Waals surface area contributed by atoms with Gasteiger partial charge in [0.1, 0.15) is 0 Å². The first kappa shape index (κ1) is 20.1. The smallest absolute Gasteiger partial charge is 0.257 e. The van der Waals surface area contributed by atoms with Gasteiger partial charge in [-0.3, -0.25) is 14.6 Å². The summed E-state index contributed by atoms with van der Waals surface area (Å²) >= 11 is 0. The van der Waals surface area contributed by atoms with Gasteiger partial charge in [0.2, 0.25) is 5.91 Å². The van der Waals surface area contributed by atoms with E-state index in [0.717, 1.165) is 28.9 Å². The maximum Gasteiger partial charge on any atom is 0.257 e. The molecule has 6 nitrogen and oxygen atoms in total. The molecule has 29 heavy (non-hydrogen) atoms. The lowest BCUT2D eigenvalue weighted by Gasteiger charge is -2.13. The lowest BCUT2D eigenvalue weighted by Crippen LogP contribution is -2.14. The van der Waals surface area contributed by atoms with Crippen LogP contribution in [0.3, 0.4) is 0 Å². The van der Waals surface area contributed by atoms with Crippen LogP contribution in [-0.2, 0) is 11.2 Å². The van der Waals surface area contributed by atoms with Crippen molar-refractivity contribution in [2.24, 2.45) is 0 Å². The Morgan fingerprint density at radius 2 is 1.69 bits per heavy atom. The van der Waals surface area contributed by atoms with E-state index in [4.69, 9.17) is 0 Å². The molecule has 0 bridgehead atoms. The van der Waals surface area contributed by atoms with Crippen LogP contribution in [-0.4, -0.2) is 16.8 Å². The largest absolute Gasteiger partial charge is 0.354 e. The number of anilines is 4. The molecule has 1 heterocycles. The molecule has 0 aliphatic heterocycles. The van der Waals surface area contributed by atoms with Gasteiger partial charge in [0.05, 0.1) is 17.4 Å². The van der Waals surface area contributed by atoms with Crippen molar-refractivity contribution in [2.45, 2.75) is 27.2 Å². The Kier molecular flexibility index (Phi) is 6.24. The summed E-state index contributed by atoms with van der Waals surface area (Å²) in [6, 6.07) is 15.1. The third-order valence-electron chi connectivity index (χ3n) is 4.45. The van der Waals surface area contributed by atoms with E-state index in [1.54, 1.807) is 12.3 Å². The summed E-state index contributed by atoms with van der Waals surface area (Å²) in [5.41, 5.74) is 5.57. The van der Waals surface area contributed by atoms with Crippen molar-refractivity contribution >= 4 is 34.6 Å². The zero-order valence-corrected chi connectivity index (χ0v) is 16.7. The van der Waals surface area contributed by atoms with Crippen molar-refractivity contribution in [3.63, 3.8) is 0 Å². The molecule has 2 amide bonds. The van der Waals surface area contributed by atoms with Gasteiger partial charge in [0.15, 0.2) is 0 Å². The van der Waals surface area contributed by atoms with Gasteiger partial charge >= 0.3 is 0 Å². The molecule has 0 atom stereocenters. The number of hydrogen-bond donors (Lipinski definition) is 3. The van der Waals surface area contributed by atoms with Crippen molar-refractivity contribution in [3.05, 3.63) is 77.6 Å². The number of rotatable bonds is 6. The van der Waals surface area contributed by atoms with E-state index in [0.29, 0.717) is 16.9 Å². The minimum atomic E-state index is -0.211. The zero-order valence-electron chi connectivity index (χ0n) is 16.7. The maximum atomic E-state index is 12.8. The first-order chi connectivity index (χ1) is 14.0. The highest BCUT2D eigenvalue weighted by atomic mass is 16.2. The van der Waals surface area contributed by atoms with Crippen LogP contribution in [0.5, 0.6) is 0 Å². The van der Waals surface area contributed by atoms with E-state index in [1.807, 2.05) is 49.4 Å². The number of benzene rings is 2. The second-order valence-electron chi connectivity index (χ2n) is 6.77. The minimum Gasteiger partial charge on any atom is -0.354 e. The normalized spacial score (nSPS) is 10.3. The second kappa shape index (κ2) is 9.01. The van der Waals surface area contributed by atoms with Crippen LogP contribution in [0.15, 0.2) is 60.9 Å². The van der Waals surface area contributed by atoms with Crippen LogP contribution >= 0.6 is 0 Å². The quantitative estimate of drug-likeness (QED) is 0.560. The van der Waals surface area contributed by atoms with Crippen molar-refractivity contribution < 1.29 is 9.59 Å². The predicted octanol–water partition coefficient (Wildman–Crippen LogP) is 4.91. The second-order valence-corrected chi connectivity index (χ2v) is 6.77. The Balaban J connectivity index is 1.78. The Bertz CT molecular complexity index is 1050. The number of aromatic nitrogens is 1. The Labute approximate surface area is 170 Å². The van der Waals surface area contributed by atoms with Gasteiger partial charge in [-0.25, -0.2) is 0 Å². The van der Waals surface area contributed by atoms with Gasteiger partial charge in [-0.15, -0.1) is 0 Å². The number of nitrogens with one attached hydrogen (secondary N) is 3. The van der Waals surface area contributed by atoms with Crippen LogP contribution in [0.25, 0.3) is 0 Å². The third kappa shape index (κ3) is 5.19. The van der Waals surface area contributed by atoms with Gasteiger partial charge < -0.3 is 16.0 Å². The first-order valence-corrected chi connectivity index (χ1v) is 9.46. The van der Waals surface area contributed by atoms with E-state index in [1.165, 1.54) is 13.1 Å². The van der Waals surface area contributed by atoms with Gasteiger partial charge in [-0.1, -0.05) is 31.2 Å². The van der Waals surface area contributed by atoms with Crippen LogP contribution in [0, 0.1) is 6.92 Å². The molecule has 0 unspecified atom stereocenters. The molecule has 6 heteroatoms. The Hall–Kier alpha value is -3.67. The molecule has 3 aromatic rings. The maximum absolute atomic E-state index is 12.8. The molecule has 3 rings (SSSR count). The Morgan fingerprint density at radius 3 is 2.45 bits per heavy atom. The summed E-state index contributed by atoms with van der Waals surface area (Å²) in [4.78, 5) is 28.2. The fraction of sp³-hybridized carbons (Fsp3) is 0.174. The van der Waals surface area contributed by atoms with Crippen LogP contribution < -0.4 is 16.0 Å². The molecule has 0 saturated carbocycles. The SMILES string of the molecule is CCc1cccc(C)c1NC(=O)c1cncc(Nc2cccc(NC(C)=O)c2)c1. The standard InChI is InChI=1S/C23H24N4O2/c1-4-17-8-5-7-15(2)22(17)27-23(29)18-11-21(14-24-13-18)26-20-10-6-9-19(12-20)25-16(3)28/h5-14,26H,4H2,1-3H3,(H,25,28)(H,27,29). The zero-order chi connectivity index (χ0) is 20.8. The molecule has 0 aliphatic carbocycles. The number of aryl methyl sites for hydroxylation is 2. The van der Waals surface area contributed by atoms with Gasteiger partial charge in [0.25, 0.3) is 5.91 Å². The average Bonchev–Trinajstić information content (AvgIpc) is 2.69. The summed E-state index contributed by atoms with van der Waals surface area (Å²) in [5.74, 6) is -0.345.